The molecule has 0 fully saturated rings. The van der Waals surface area contributed by atoms with Gasteiger partial charge >= 0.3 is 0 Å². The summed E-state index contributed by atoms with van der Waals surface area (Å²) in [5.41, 5.74) is 2.74. The summed E-state index contributed by atoms with van der Waals surface area (Å²) in [7, 11) is 0. The molecule has 0 aliphatic heterocycles. The van der Waals surface area contributed by atoms with E-state index in [1.54, 1.807) is 12.1 Å². The fourth-order valence-corrected chi connectivity index (χ4v) is 2.71. The predicted molar refractivity (Wildman–Crippen MR) is 110 cm³/mol. The Bertz CT molecular complexity index is 1020. The molecule has 0 unspecified atom stereocenters. The number of nitrogens with one attached hydrogen (secondary N) is 2. The van der Waals surface area contributed by atoms with Gasteiger partial charge in [0.2, 0.25) is 5.95 Å². The van der Waals surface area contributed by atoms with E-state index in [-0.39, 0.29) is 18.2 Å². The summed E-state index contributed by atoms with van der Waals surface area (Å²) in [6.45, 7) is 0.665. The van der Waals surface area contributed by atoms with Crippen molar-refractivity contribution in [3.8, 4) is 0 Å². The summed E-state index contributed by atoms with van der Waals surface area (Å²) in [6.07, 6.45) is 0. The Balaban J connectivity index is 0.00000210. The number of hydrogen-bond donors (Lipinski definition) is 2. The lowest BCUT2D eigenvalue weighted by atomic mass is 10.2. The Kier molecular flexibility index (Phi) is 5.84. The number of aromatic nitrogens is 2. The highest BCUT2D eigenvalue weighted by molar-refractivity contribution is 5.90. The van der Waals surface area contributed by atoms with Gasteiger partial charge in [-0.2, -0.15) is 4.98 Å². The Morgan fingerprint density at radius 3 is 2.26 bits per heavy atom. The van der Waals surface area contributed by atoms with Crippen molar-refractivity contribution in [2.45, 2.75) is 6.54 Å². The van der Waals surface area contributed by atoms with Gasteiger partial charge in [-0.25, -0.2) is 9.37 Å². The maximum Gasteiger partial charge on any atom is 0.229 e. The van der Waals surface area contributed by atoms with Crippen LogP contribution in [0.1, 0.15) is 5.56 Å². The fourth-order valence-electron chi connectivity index (χ4n) is 2.71. The molecule has 0 aliphatic rings. The number of halogens is 2. The van der Waals surface area contributed by atoms with E-state index in [9.17, 15) is 4.39 Å². The van der Waals surface area contributed by atoms with Crippen LogP contribution < -0.4 is 10.6 Å². The van der Waals surface area contributed by atoms with Gasteiger partial charge in [-0.15, -0.1) is 12.4 Å². The van der Waals surface area contributed by atoms with Crippen LogP contribution in [0.2, 0.25) is 0 Å². The van der Waals surface area contributed by atoms with Crippen LogP contribution in [0.5, 0.6) is 0 Å². The second-order valence-electron chi connectivity index (χ2n) is 5.88. The summed E-state index contributed by atoms with van der Waals surface area (Å²) in [5.74, 6) is 0.940. The number of hydrogen-bond acceptors (Lipinski definition) is 4. The second-order valence-corrected chi connectivity index (χ2v) is 5.88. The van der Waals surface area contributed by atoms with Crippen molar-refractivity contribution in [2.24, 2.45) is 0 Å². The van der Waals surface area contributed by atoms with Crippen molar-refractivity contribution in [2.75, 3.05) is 10.6 Å². The van der Waals surface area contributed by atoms with Gasteiger partial charge in [0.25, 0.3) is 0 Å². The Morgan fingerprint density at radius 2 is 1.48 bits per heavy atom. The first-order valence-corrected chi connectivity index (χ1v) is 8.35. The number of rotatable bonds is 5. The van der Waals surface area contributed by atoms with Crippen molar-refractivity contribution in [1.29, 1.82) is 0 Å². The zero-order valence-electron chi connectivity index (χ0n) is 14.4. The second kappa shape index (κ2) is 8.47. The van der Waals surface area contributed by atoms with Crippen LogP contribution >= 0.6 is 12.4 Å². The minimum Gasteiger partial charge on any atom is -0.365 e. The molecule has 1 heterocycles. The van der Waals surface area contributed by atoms with E-state index in [0.717, 1.165) is 22.4 Å². The molecule has 0 bridgehead atoms. The zero-order chi connectivity index (χ0) is 17.8. The monoisotopic (exact) mass is 380 g/mol. The third kappa shape index (κ3) is 4.51. The molecule has 2 N–H and O–H groups in total. The van der Waals surface area contributed by atoms with Gasteiger partial charge in [-0.1, -0.05) is 42.5 Å². The highest BCUT2D eigenvalue weighted by Gasteiger charge is 2.08. The van der Waals surface area contributed by atoms with E-state index in [1.807, 2.05) is 42.5 Å². The fraction of sp³-hybridized carbons (Fsp3) is 0.0476. The molecule has 136 valence electrons. The summed E-state index contributed by atoms with van der Waals surface area (Å²) in [6, 6.07) is 24.1. The quantitative estimate of drug-likeness (QED) is 0.477. The number of benzene rings is 3. The molecule has 6 heteroatoms. The van der Waals surface area contributed by atoms with Crippen molar-refractivity contribution in [1.82, 2.24) is 9.97 Å². The lowest BCUT2D eigenvalue weighted by Gasteiger charge is -2.12. The summed E-state index contributed by atoms with van der Waals surface area (Å²) >= 11 is 0. The van der Waals surface area contributed by atoms with Crippen LogP contribution in [0.4, 0.5) is 21.8 Å². The van der Waals surface area contributed by atoms with Crippen LogP contribution in [0.3, 0.4) is 0 Å². The predicted octanol–water partition coefficient (Wildman–Crippen LogP) is 5.55. The molecule has 1 aromatic heterocycles. The molecule has 4 rings (SSSR count). The first-order valence-electron chi connectivity index (χ1n) is 8.35. The van der Waals surface area contributed by atoms with E-state index in [2.05, 4.69) is 32.7 Å². The van der Waals surface area contributed by atoms with E-state index in [0.29, 0.717) is 12.5 Å². The van der Waals surface area contributed by atoms with Gasteiger partial charge in [0.05, 0.1) is 5.52 Å². The summed E-state index contributed by atoms with van der Waals surface area (Å²) in [5, 5.41) is 7.47. The molecular formula is C21H18ClFN4. The molecule has 4 aromatic rings. The van der Waals surface area contributed by atoms with Crippen molar-refractivity contribution >= 4 is 40.8 Å². The number of nitrogens with zero attached hydrogens (tertiary/aromatic N) is 2. The molecule has 3 aromatic carbocycles. The van der Waals surface area contributed by atoms with Gasteiger partial charge in [0.15, 0.2) is 0 Å². The number of anilines is 3. The van der Waals surface area contributed by atoms with Gasteiger partial charge in [-0.05, 0) is 42.0 Å². The van der Waals surface area contributed by atoms with Crippen molar-refractivity contribution in [3.05, 3.63) is 90.2 Å². The zero-order valence-corrected chi connectivity index (χ0v) is 15.2. The minimum atomic E-state index is -0.278. The Hall–Kier alpha value is -3.18. The van der Waals surface area contributed by atoms with E-state index < -0.39 is 0 Å². The van der Waals surface area contributed by atoms with Crippen LogP contribution in [0, 0.1) is 5.82 Å². The average Bonchev–Trinajstić information content (AvgIpc) is 2.69. The smallest absolute Gasteiger partial charge is 0.229 e. The number of fused-ring (bicyclic) bond motifs is 1. The maximum absolute atomic E-state index is 13.1. The van der Waals surface area contributed by atoms with Gasteiger partial charge < -0.3 is 10.6 Å². The van der Waals surface area contributed by atoms with Crippen LogP contribution in [0.15, 0.2) is 78.9 Å². The molecule has 0 aliphatic carbocycles. The number of para-hydroxylation sites is 1. The van der Waals surface area contributed by atoms with Crippen molar-refractivity contribution < 1.29 is 4.39 Å². The first kappa shape index (κ1) is 18.6. The topological polar surface area (TPSA) is 49.8 Å². The summed E-state index contributed by atoms with van der Waals surface area (Å²) < 4.78 is 13.1. The molecule has 0 spiro atoms. The van der Waals surface area contributed by atoms with Gasteiger partial charge in [0.1, 0.15) is 11.6 Å². The molecule has 0 amide bonds. The largest absolute Gasteiger partial charge is 0.365 e. The van der Waals surface area contributed by atoms with E-state index >= 15 is 0 Å². The SMILES string of the molecule is Cl.Fc1ccc(Nc2nc(NCc3ccccc3)c3ccccc3n2)cc1. The molecular weight excluding hydrogens is 363 g/mol. The maximum atomic E-state index is 13.1. The Morgan fingerprint density at radius 1 is 0.778 bits per heavy atom. The molecule has 0 saturated carbocycles. The first-order chi connectivity index (χ1) is 12.8. The standard InChI is InChI=1S/C21H17FN4.ClH/c22-16-10-12-17(13-11-16)24-21-25-19-9-5-4-8-18(19)20(26-21)23-14-15-6-2-1-3-7-15;/h1-13H,14H2,(H2,23,24,25,26);1H. The molecule has 4 nitrogen and oxygen atoms in total. The van der Waals surface area contributed by atoms with Gasteiger partial charge in [-0.3, -0.25) is 0 Å². The van der Waals surface area contributed by atoms with Gasteiger partial charge in [0, 0.05) is 17.6 Å². The van der Waals surface area contributed by atoms with Crippen LogP contribution in [-0.4, -0.2) is 9.97 Å². The van der Waals surface area contributed by atoms with E-state index in [4.69, 9.17) is 0 Å². The lowest BCUT2D eigenvalue weighted by Crippen LogP contribution is -2.05. The van der Waals surface area contributed by atoms with Crippen LogP contribution in [0.25, 0.3) is 10.9 Å². The average molecular weight is 381 g/mol. The molecule has 27 heavy (non-hydrogen) atoms. The lowest BCUT2D eigenvalue weighted by molar-refractivity contribution is 0.628. The van der Waals surface area contributed by atoms with E-state index in [1.165, 1.54) is 17.7 Å². The third-order valence-electron chi connectivity index (χ3n) is 4.01. The summed E-state index contributed by atoms with van der Waals surface area (Å²) in [4.78, 5) is 9.16. The molecule has 0 atom stereocenters. The Labute approximate surface area is 162 Å². The minimum absolute atomic E-state index is 0. The highest BCUT2D eigenvalue weighted by atomic mass is 35.5. The third-order valence-corrected chi connectivity index (χ3v) is 4.01. The normalized spacial score (nSPS) is 10.3. The van der Waals surface area contributed by atoms with Crippen molar-refractivity contribution in [3.63, 3.8) is 0 Å². The molecule has 0 saturated heterocycles. The highest BCUT2D eigenvalue weighted by Crippen LogP contribution is 2.24. The van der Waals surface area contributed by atoms with Crippen LogP contribution in [-0.2, 0) is 6.54 Å². The molecule has 0 radical (unpaired) electrons.